The molecule has 0 aromatic heterocycles. The molecular formula is C16H25N3. The second-order valence-corrected chi connectivity index (χ2v) is 5.96. The maximum Gasteiger partial charge on any atom is 0.0317 e. The Labute approximate surface area is 116 Å². The highest BCUT2D eigenvalue weighted by Crippen LogP contribution is 2.21. The minimum absolute atomic E-state index is 0.900. The fourth-order valence-corrected chi connectivity index (χ4v) is 3.29. The maximum atomic E-state index is 5.89. The van der Waals surface area contributed by atoms with Crippen LogP contribution in [0.2, 0.25) is 0 Å². The molecule has 2 N–H and O–H groups in total. The molecule has 1 aromatic carbocycles. The van der Waals surface area contributed by atoms with E-state index < -0.39 is 0 Å². The van der Waals surface area contributed by atoms with Gasteiger partial charge in [-0.05, 0) is 55.6 Å². The molecule has 104 valence electrons. The van der Waals surface area contributed by atoms with Crippen molar-refractivity contribution in [1.29, 1.82) is 0 Å². The van der Waals surface area contributed by atoms with E-state index in [1.165, 1.54) is 69.5 Å². The van der Waals surface area contributed by atoms with Crippen LogP contribution in [0.15, 0.2) is 18.2 Å². The van der Waals surface area contributed by atoms with Crippen molar-refractivity contribution in [3.63, 3.8) is 0 Å². The first-order valence-electron chi connectivity index (χ1n) is 7.63. The second kappa shape index (κ2) is 5.93. The Kier molecular flexibility index (Phi) is 4.04. The monoisotopic (exact) mass is 259 g/mol. The zero-order valence-electron chi connectivity index (χ0n) is 11.8. The van der Waals surface area contributed by atoms with Crippen LogP contribution in [0.4, 0.5) is 5.69 Å². The average Bonchev–Trinajstić information content (AvgIpc) is 2.46. The van der Waals surface area contributed by atoms with Gasteiger partial charge in [0, 0.05) is 31.9 Å². The fraction of sp³-hybridized carbons (Fsp3) is 0.625. The fourth-order valence-electron chi connectivity index (χ4n) is 3.29. The van der Waals surface area contributed by atoms with Crippen LogP contribution in [0, 0.1) is 0 Å². The topological polar surface area (TPSA) is 32.5 Å². The van der Waals surface area contributed by atoms with Crippen molar-refractivity contribution in [1.82, 2.24) is 9.80 Å². The molecule has 0 amide bonds. The summed E-state index contributed by atoms with van der Waals surface area (Å²) in [5.74, 6) is 0. The quantitative estimate of drug-likeness (QED) is 0.844. The van der Waals surface area contributed by atoms with E-state index in [1.54, 1.807) is 0 Å². The second-order valence-electron chi connectivity index (χ2n) is 5.96. The van der Waals surface area contributed by atoms with Crippen LogP contribution >= 0.6 is 0 Å². The molecule has 0 unspecified atom stereocenters. The molecule has 0 bridgehead atoms. The van der Waals surface area contributed by atoms with Gasteiger partial charge in [0.25, 0.3) is 0 Å². The van der Waals surface area contributed by atoms with Crippen molar-refractivity contribution >= 4 is 5.69 Å². The molecule has 1 aromatic rings. The predicted octanol–water partition coefficient (Wildman–Crippen LogP) is 2.11. The predicted molar refractivity (Wildman–Crippen MR) is 80.1 cm³/mol. The number of hydrogen-bond acceptors (Lipinski definition) is 3. The van der Waals surface area contributed by atoms with Gasteiger partial charge in [0.2, 0.25) is 0 Å². The first-order chi connectivity index (χ1) is 9.31. The third-order valence-electron chi connectivity index (χ3n) is 4.50. The van der Waals surface area contributed by atoms with E-state index in [-0.39, 0.29) is 0 Å². The van der Waals surface area contributed by atoms with Crippen LogP contribution in [0.1, 0.15) is 30.4 Å². The largest absolute Gasteiger partial charge is 0.399 e. The van der Waals surface area contributed by atoms with Gasteiger partial charge in [0.05, 0.1) is 0 Å². The van der Waals surface area contributed by atoms with E-state index >= 15 is 0 Å². The SMILES string of the molecule is Nc1ccc2c(c1)CN(CCN1CCCCC1)CC2. The highest BCUT2D eigenvalue weighted by atomic mass is 15.2. The first-order valence-corrected chi connectivity index (χ1v) is 7.63. The Balaban J connectivity index is 1.53. The number of hydrogen-bond donors (Lipinski definition) is 1. The molecule has 1 fully saturated rings. The molecular weight excluding hydrogens is 234 g/mol. The standard InChI is InChI=1S/C16H25N3/c17-16-5-4-14-6-9-19(13-15(14)12-16)11-10-18-7-2-1-3-8-18/h4-5,12H,1-3,6-11,13,17H2. The van der Waals surface area contributed by atoms with Gasteiger partial charge in [0.15, 0.2) is 0 Å². The number of nitrogens with two attached hydrogens (primary N) is 1. The van der Waals surface area contributed by atoms with Gasteiger partial charge in [-0.3, -0.25) is 4.90 Å². The summed E-state index contributed by atoms with van der Waals surface area (Å²) >= 11 is 0. The Morgan fingerprint density at radius 3 is 2.53 bits per heavy atom. The normalized spacial score (nSPS) is 21.3. The maximum absolute atomic E-state index is 5.89. The number of fused-ring (bicyclic) bond motifs is 1. The minimum Gasteiger partial charge on any atom is -0.399 e. The minimum atomic E-state index is 0.900. The lowest BCUT2D eigenvalue weighted by Crippen LogP contribution is -2.39. The molecule has 2 aliphatic heterocycles. The number of benzene rings is 1. The molecule has 0 saturated carbocycles. The number of likely N-dealkylation sites (tertiary alicyclic amines) is 1. The molecule has 1 saturated heterocycles. The smallest absolute Gasteiger partial charge is 0.0317 e. The molecule has 0 atom stereocenters. The number of rotatable bonds is 3. The highest BCUT2D eigenvalue weighted by Gasteiger charge is 2.17. The van der Waals surface area contributed by atoms with Gasteiger partial charge in [-0.15, -0.1) is 0 Å². The Morgan fingerprint density at radius 2 is 1.68 bits per heavy atom. The summed E-state index contributed by atoms with van der Waals surface area (Å²) in [5.41, 5.74) is 9.72. The van der Waals surface area contributed by atoms with Crippen molar-refractivity contribution in [3.8, 4) is 0 Å². The van der Waals surface area contributed by atoms with Gasteiger partial charge in [-0.2, -0.15) is 0 Å². The van der Waals surface area contributed by atoms with Gasteiger partial charge >= 0.3 is 0 Å². The molecule has 3 nitrogen and oxygen atoms in total. The highest BCUT2D eigenvalue weighted by molar-refractivity contribution is 5.45. The summed E-state index contributed by atoms with van der Waals surface area (Å²) in [4.78, 5) is 5.20. The first kappa shape index (κ1) is 12.9. The van der Waals surface area contributed by atoms with Crippen molar-refractivity contribution in [3.05, 3.63) is 29.3 Å². The zero-order valence-corrected chi connectivity index (χ0v) is 11.8. The molecule has 0 radical (unpaired) electrons. The Hall–Kier alpha value is -1.06. The Bertz CT molecular complexity index is 424. The van der Waals surface area contributed by atoms with Crippen molar-refractivity contribution in [2.45, 2.75) is 32.2 Å². The van der Waals surface area contributed by atoms with Crippen molar-refractivity contribution in [2.24, 2.45) is 0 Å². The van der Waals surface area contributed by atoms with Gasteiger partial charge < -0.3 is 10.6 Å². The molecule has 2 heterocycles. The van der Waals surface area contributed by atoms with Crippen LogP contribution < -0.4 is 5.73 Å². The van der Waals surface area contributed by atoms with Crippen LogP contribution in [0.25, 0.3) is 0 Å². The van der Waals surface area contributed by atoms with E-state index in [1.807, 2.05) is 6.07 Å². The summed E-state index contributed by atoms with van der Waals surface area (Å²) < 4.78 is 0. The van der Waals surface area contributed by atoms with Crippen LogP contribution in [-0.4, -0.2) is 42.5 Å². The van der Waals surface area contributed by atoms with Crippen LogP contribution in [-0.2, 0) is 13.0 Å². The van der Waals surface area contributed by atoms with E-state index in [0.29, 0.717) is 0 Å². The number of piperidine rings is 1. The molecule has 2 aliphatic rings. The van der Waals surface area contributed by atoms with Gasteiger partial charge in [-0.25, -0.2) is 0 Å². The molecule has 3 heteroatoms. The summed E-state index contributed by atoms with van der Waals surface area (Å²) in [6, 6.07) is 6.39. The summed E-state index contributed by atoms with van der Waals surface area (Å²) in [6.45, 7) is 7.32. The third kappa shape index (κ3) is 3.28. The van der Waals surface area contributed by atoms with Crippen LogP contribution in [0.3, 0.4) is 0 Å². The lowest BCUT2D eigenvalue weighted by Gasteiger charge is -2.32. The number of nitrogens with zero attached hydrogens (tertiary/aromatic N) is 2. The zero-order chi connectivity index (χ0) is 13.1. The molecule has 3 rings (SSSR count). The summed E-state index contributed by atoms with van der Waals surface area (Å²) in [5, 5.41) is 0. The molecule has 0 aliphatic carbocycles. The number of nitrogen functional groups attached to an aromatic ring is 1. The van der Waals surface area contributed by atoms with Crippen molar-refractivity contribution in [2.75, 3.05) is 38.5 Å². The van der Waals surface area contributed by atoms with E-state index in [2.05, 4.69) is 21.9 Å². The molecule has 0 spiro atoms. The average molecular weight is 259 g/mol. The van der Waals surface area contributed by atoms with E-state index in [0.717, 1.165) is 12.2 Å². The van der Waals surface area contributed by atoms with E-state index in [4.69, 9.17) is 5.73 Å². The lowest BCUT2D eigenvalue weighted by atomic mass is 9.99. The third-order valence-corrected chi connectivity index (χ3v) is 4.50. The van der Waals surface area contributed by atoms with Gasteiger partial charge in [0.1, 0.15) is 0 Å². The Morgan fingerprint density at radius 1 is 0.895 bits per heavy atom. The van der Waals surface area contributed by atoms with Crippen molar-refractivity contribution < 1.29 is 0 Å². The lowest BCUT2D eigenvalue weighted by molar-refractivity contribution is 0.173. The molecule has 19 heavy (non-hydrogen) atoms. The van der Waals surface area contributed by atoms with E-state index in [9.17, 15) is 0 Å². The van der Waals surface area contributed by atoms with Gasteiger partial charge in [-0.1, -0.05) is 12.5 Å². The summed E-state index contributed by atoms with van der Waals surface area (Å²) in [6.07, 6.45) is 5.38. The van der Waals surface area contributed by atoms with Crippen LogP contribution in [0.5, 0.6) is 0 Å². The summed E-state index contributed by atoms with van der Waals surface area (Å²) in [7, 11) is 0. The number of anilines is 1.